The zero-order valence-electron chi connectivity index (χ0n) is 15.7. The second-order valence-corrected chi connectivity index (χ2v) is 6.57. The molecule has 0 aromatic heterocycles. The van der Waals surface area contributed by atoms with Crippen LogP contribution in [0.2, 0.25) is 5.02 Å². The number of phenolic OH excluding ortho intramolecular Hbond substituents is 1. The number of hydrogen-bond acceptors (Lipinski definition) is 6. The van der Waals surface area contributed by atoms with Gasteiger partial charge in [0, 0.05) is 7.76 Å². The van der Waals surface area contributed by atoms with Gasteiger partial charge in [-0.2, -0.15) is 0 Å². The lowest BCUT2D eigenvalue weighted by molar-refractivity contribution is -0.231. The van der Waals surface area contributed by atoms with Crippen LogP contribution in [0.25, 0.3) is 0 Å². The summed E-state index contributed by atoms with van der Waals surface area (Å²) < 4.78 is 22.5. The molecule has 26 heavy (non-hydrogen) atoms. The molecule has 2 aromatic rings. The lowest BCUT2D eigenvalue weighted by atomic mass is 9.90. The van der Waals surface area contributed by atoms with Crippen molar-refractivity contribution in [2.75, 3.05) is 6.61 Å². The Kier molecular flexibility index (Phi) is 5.02. The second kappa shape index (κ2) is 7.92. The SMILES string of the molecule is [2H]C([2H])(c1ccc(O)cc1)c1cc([C@@H]2O[C@H](CO)[C@@H](O)[C@H](O)[C@H]2O)ccc1Cl. The van der Waals surface area contributed by atoms with E-state index in [1.165, 1.54) is 42.5 Å². The van der Waals surface area contributed by atoms with Crippen LogP contribution in [-0.2, 0) is 11.1 Å². The highest BCUT2D eigenvalue weighted by atomic mass is 35.5. The van der Waals surface area contributed by atoms with Gasteiger partial charge >= 0.3 is 0 Å². The summed E-state index contributed by atoms with van der Waals surface area (Å²) in [6, 6.07) is 9.99. The van der Waals surface area contributed by atoms with Gasteiger partial charge in [-0.3, -0.25) is 0 Å². The number of halogens is 1. The fraction of sp³-hybridized carbons (Fsp3) is 0.368. The van der Waals surface area contributed by atoms with Crippen molar-refractivity contribution < 1.29 is 33.0 Å². The average molecular weight is 383 g/mol. The van der Waals surface area contributed by atoms with E-state index in [0.717, 1.165) is 0 Å². The molecule has 1 aliphatic heterocycles. The molecule has 0 aliphatic carbocycles. The minimum Gasteiger partial charge on any atom is -0.508 e. The molecule has 0 spiro atoms. The zero-order chi connectivity index (χ0) is 20.6. The topological polar surface area (TPSA) is 110 Å². The summed E-state index contributed by atoms with van der Waals surface area (Å²) in [6.45, 7) is -0.559. The molecule has 5 N–H and O–H groups in total. The molecule has 2 aromatic carbocycles. The Hall–Kier alpha value is -1.67. The zero-order valence-corrected chi connectivity index (χ0v) is 14.4. The highest BCUT2D eigenvalue weighted by molar-refractivity contribution is 6.31. The molecule has 1 fully saturated rings. The number of aliphatic hydroxyl groups excluding tert-OH is 4. The first-order valence-electron chi connectivity index (χ1n) is 9.06. The van der Waals surface area contributed by atoms with Crippen LogP contribution in [0.1, 0.15) is 25.5 Å². The first kappa shape index (κ1) is 16.5. The molecular formula is C19H21ClO6. The fourth-order valence-corrected chi connectivity index (χ4v) is 3.06. The van der Waals surface area contributed by atoms with E-state index in [1.807, 2.05) is 0 Å². The molecule has 1 aliphatic rings. The van der Waals surface area contributed by atoms with Crippen molar-refractivity contribution >= 4 is 11.6 Å². The maximum atomic E-state index is 10.3. The Morgan fingerprint density at radius 1 is 1.00 bits per heavy atom. The lowest BCUT2D eigenvalue weighted by Crippen LogP contribution is -2.55. The van der Waals surface area contributed by atoms with E-state index in [9.17, 15) is 25.5 Å². The minimum atomic E-state index is -2.02. The van der Waals surface area contributed by atoms with Gasteiger partial charge in [-0.05, 0) is 41.3 Å². The largest absolute Gasteiger partial charge is 0.508 e. The van der Waals surface area contributed by atoms with Crippen molar-refractivity contribution in [3.05, 3.63) is 64.2 Å². The van der Waals surface area contributed by atoms with Crippen molar-refractivity contribution in [3.63, 3.8) is 0 Å². The molecule has 0 saturated carbocycles. The van der Waals surface area contributed by atoms with E-state index >= 15 is 0 Å². The van der Waals surface area contributed by atoms with Gasteiger partial charge in [0.1, 0.15) is 36.3 Å². The standard InChI is InChI=1S/C19H21ClO6/c20-14-6-3-11(8-12(14)7-10-1-4-13(22)5-2-10)19-18(25)17(24)16(23)15(9-21)26-19/h1-6,8,15-19,21-25H,7,9H2/t15-,16-,17+,18-,19+/m1/s1/i7D2. The molecule has 3 rings (SSSR count). The predicted molar refractivity (Wildman–Crippen MR) is 95.1 cm³/mol. The van der Waals surface area contributed by atoms with E-state index in [-0.39, 0.29) is 21.9 Å². The minimum absolute atomic E-state index is 0.000663. The molecule has 1 heterocycles. The van der Waals surface area contributed by atoms with Crippen LogP contribution in [0.5, 0.6) is 5.75 Å². The van der Waals surface area contributed by atoms with Gasteiger partial charge in [-0.15, -0.1) is 0 Å². The third-order valence-corrected chi connectivity index (χ3v) is 4.69. The van der Waals surface area contributed by atoms with E-state index in [0.29, 0.717) is 5.56 Å². The molecular weight excluding hydrogens is 360 g/mol. The highest BCUT2D eigenvalue weighted by Gasteiger charge is 2.43. The van der Waals surface area contributed by atoms with E-state index in [2.05, 4.69) is 0 Å². The van der Waals surface area contributed by atoms with Crippen molar-refractivity contribution in [1.29, 1.82) is 0 Å². The number of hydrogen-bond donors (Lipinski definition) is 5. The number of phenols is 1. The van der Waals surface area contributed by atoms with Gasteiger partial charge in [0.2, 0.25) is 0 Å². The summed E-state index contributed by atoms with van der Waals surface area (Å²) in [6.07, 6.45) is -8.69. The molecule has 0 amide bonds. The van der Waals surface area contributed by atoms with Crippen molar-refractivity contribution in [2.45, 2.75) is 36.9 Å². The Morgan fingerprint density at radius 3 is 2.35 bits per heavy atom. The third kappa shape index (κ3) is 3.86. The van der Waals surface area contributed by atoms with Gasteiger partial charge in [-0.1, -0.05) is 35.9 Å². The summed E-state index contributed by atoms with van der Waals surface area (Å²) in [7, 11) is 0. The van der Waals surface area contributed by atoms with Gasteiger partial charge < -0.3 is 30.3 Å². The lowest BCUT2D eigenvalue weighted by Gasteiger charge is -2.40. The molecule has 140 valence electrons. The summed E-state index contributed by atoms with van der Waals surface area (Å²) >= 11 is 6.22. The third-order valence-electron chi connectivity index (χ3n) is 4.36. The molecule has 5 atom stereocenters. The summed E-state index contributed by atoms with van der Waals surface area (Å²) in [5.74, 6) is 0.000663. The van der Waals surface area contributed by atoms with Gasteiger partial charge in [0.15, 0.2) is 0 Å². The Morgan fingerprint density at radius 2 is 1.69 bits per heavy atom. The van der Waals surface area contributed by atoms with Crippen LogP contribution in [0.4, 0.5) is 0 Å². The van der Waals surface area contributed by atoms with Crippen LogP contribution in [0, 0.1) is 0 Å². The maximum absolute atomic E-state index is 10.3. The Labute approximate surface area is 158 Å². The van der Waals surface area contributed by atoms with Crippen molar-refractivity contribution in [3.8, 4) is 5.75 Å². The van der Waals surface area contributed by atoms with E-state index in [1.54, 1.807) is 0 Å². The maximum Gasteiger partial charge on any atom is 0.115 e. The Balaban J connectivity index is 2.00. The monoisotopic (exact) mass is 382 g/mol. The van der Waals surface area contributed by atoms with Crippen molar-refractivity contribution in [2.24, 2.45) is 0 Å². The van der Waals surface area contributed by atoms with Crippen LogP contribution < -0.4 is 0 Å². The van der Waals surface area contributed by atoms with Gasteiger partial charge in [-0.25, -0.2) is 0 Å². The highest BCUT2D eigenvalue weighted by Crippen LogP contribution is 2.34. The number of ether oxygens (including phenoxy) is 1. The molecule has 0 radical (unpaired) electrons. The smallest absolute Gasteiger partial charge is 0.115 e. The van der Waals surface area contributed by atoms with Gasteiger partial charge in [0.25, 0.3) is 0 Å². The van der Waals surface area contributed by atoms with Crippen molar-refractivity contribution in [1.82, 2.24) is 0 Å². The van der Waals surface area contributed by atoms with Crippen LogP contribution >= 0.6 is 11.6 Å². The molecule has 0 unspecified atom stereocenters. The Bertz CT molecular complexity index is 830. The van der Waals surface area contributed by atoms with E-state index < -0.39 is 43.5 Å². The van der Waals surface area contributed by atoms with Gasteiger partial charge in [0.05, 0.1) is 6.61 Å². The van der Waals surface area contributed by atoms with E-state index in [4.69, 9.17) is 19.1 Å². The first-order chi connectivity index (χ1) is 13.2. The summed E-state index contributed by atoms with van der Waals surface area (Å²) in [5.41, 5.74) is 0.700. The van der Waals surface area contributed by atoms with Crippen LogP contribution in [0.3, 0.4) is 0 Å². The fourth-order valence-electron chi connectivity index (χ4n) is 2.89. The number of rotatable bonds is 4. The molecule has 1 saturated heterocycles. The summed E-state index contributed by atoms with van der Waals surface area (Å²) in [5, 5.41) is 49.2. The quantitative estimate of drug-likeness (QED) is 0.542. The predicted octanol–water partition coefficient (Wildman–Crippen LogP) is 1.15. The number of benzene rings is 2. The summed E-state index contributed by atoms with van der Waals surface area (Å²) in [4.78, 5) is 0. The molecule has 7 heteroatoms. The van der Waals surface area contributed by atoms with Crippen LogP contribution in [-0.4, -0.2) is 56.6 Å². The normalized spacial score (nSPS) is 30.6. The second-order valence-electron chi connectivity index (χ2n) is 6.16. The molecule has 6 nitrogen and oxygen atoms in total. The average Bonchev–Trinajstić information content (AvgIpc) is 2.67. The molecule has 0 bridgehead atoms. The first-order valence-corrected chi connectivity index (χ1v) is 8.44. The number of aliphatic hydroxyl groups is 4. The number of aromatic hydroxyl groups is 1. The van der Waals surface area contributed by atoms with Crippen LogP contribution in [0.15, 0.2) is 42.5 Å².